The van der Waals surface area contributed by atoms with E-state index in [1.54, 1.807) is 6.07 Å². The normalized spacial score (nSPS) is 10.2. The first kappa shape index (κ1) is 11.3. The highest BCUT2D eigenvalue weighted by Crippen LogP contribution is 2.29. The van der Waals surface area contributed by atoms with Crippen LogP contribution < -0.4 is 0 Å². The molecule has 0 amide bonds. The zero-order valence-corrected chi connectivity index (χ0v) is 9.19. The topological polar surface area (TPSA) is 37.3 Å². The molecule has 0 heterocycles. The van der Waals surface area contributed by atoms with Crippen molar-refractivity contribution in [3.05, 3.63) is 33.3 Å². The van der Waals surface area contributed by atoms with Crippen LogP contribution in [0.2, 0.25) is 10.0 Å². The van der Waals surface area contributed by atoms with Gasteiger partial charge in [-0.3, -0.25) is 0 Å². The van der Waals surface area contributed by atoms with Gasteiger partial charge in [-0.2, -0.15) is 0 Å². The second-order valence-electron chi connectivity index (χ2n) is 2.94. The van der Waals surface area contributed by atoms with Crippen LogP contribution in [0.15, 0.2) is 12.1 Å². The second-order valence-corrected chi connectivity index (χ2v) is 3.73. The number of rotatable bonds is 3. The number of hydrogen-bond acceptors (Lipinski definition) is 1. The molecule has 0 bridgehead atoms. The highest BCUT2D eigenvalue weighted by atomic mass is 35.5. The van der Waals surface area contributed by atoms with Gasteiger partial charge in [0.1, 0.15) is 0 Å². The molecule has 1 rings (SSSR count). The Kier molecular flexibility index (Phi) is 3.78. The minimum Gasteiger partial charge on any atom is -0.478 e. The Morgan fingerprint density at radius 2 is 2.07 bits per heavy atom. The van der Waals surface area contributed by atoms with E-state index >= 15 is 0 Å². The van der Waals surface area contributed by atoms with Crippen molar-refractivity contribution >= 4 is 29.2 Å². The van der Waals surface area contributed by atoms with Crippen molar-refractivity contribution in [2.75, 3.05) is 0 Å². The van der Waals surface area contributed by atoms with Crippen molar-refractivity contribution in [1.29, 1.82) is 0 Å². The van der Waals surface area contributed by atoms with E-state index in [0.29, 0.717) is 11.4 Å². The number of carboxylic acid groups (broad SMARTS) is 1. The van der Waals surface area contributed by atoms with Gasteiger partial charge in [0.15, 0.2) is 0 Å². The van der Waals surface area contributed by atoms with Gasteiger partial charge in [0, 0.05) is 5.02 Å². The summed E-state index contributed by atoms with van der Waals surface area (Å²) < 4.78 is 0. The highest BCUT2D eigenvalue weighted by molar-refractivity contribution is 6.37. The summed E-state index contributed by atoms with van der Waals surface area (Å²) >= 11 is 11.8. The summed E-state index contributed by atoms with van der Waals surface area (Å²) in [5.41, 5.74) is 0.829. The van der Waals surface area contributed by atoms with Gasteiger partial charge in [0.05, 0.1) is 10.6 Å². The Balaban J connectivity index is 3.26. The van der Waals surface area contributed by atoms with Crippen molar-refractivity contribution in [2.24, 2.45) is 0 Å². The van der Waals surface area contributed by atoms with Gasteiger partial charge in [-0.1, -0.05) is 36.5 Å². The number of carbonyl (C=O) groups is 1. The molecule has 0 aliphatic carbocycles. The molecule has 0 aliphatic heterocycles. The molecule has 1 aromatic rings. The monoisotopic (exact) mass is 232 g/mol. The van der Waals surface area contributed by atoms with E-state index in [2.05, 4.69) is 0 Å². The molecule has 2 nitrogen and oxygen atoms in total. The molecule has 0 saturated heterocycles. The van der Waals surface area contributed by atoms with Gasteiger partial charge >= 0.3 is 5.97 Å². The van der Waals surface area contributed by atoms with Crippen LogP contribution in [-0.2, 0) is 6.42 Å². The summed E-state index contributed by atoms with van der Waals surface area (Å²) in [5, 5.41) is 9.61. The molecule has 0 saturated carbocycles. The van der Waals surface area contributed by atoms with Crippen LogP contribution in [0.3, 0.4) is 0 Å². The maximum Gasteiger partial charge on any atom is 0.337 e. The molecule has 76 valence electrons. The summed E-state index contributed by atoms with van der Waals surface area (Å²) in [6, 6.07) is 2.99. The van der Waals surface area contributed by atoms with Gasteiger partial charge in [-0.25, -0.2) is 4.79 Å². The standard InChI is InChI=1S/C10H10Cl2O2/c1-2-3-6-8(11)5-4-7(9(6)12)10(13)14/h4-5H,2-3H2,1H3,(H,13,14). The summed E-state index contributed by atoms with van der Waals surface area (Å²) in [6.45, 7) is 1.99. The maximum atomic E-state index is 10.8. The number of aromatic carboxylic acids is 1. The quantitative estimate of drug-likeness (QED) is 0.865. The van der Waals surface area contributed by atoms with Crippen molar-refractivity contribution in [3.63, 3.8) is 0 Å². The summed E-state index contributed by atoms with van der Waals surface area (Å²) in [6.07, 6.45) is 1.57. The van der Waals surface area contributed by atoms with Crippen LogP contribution in [0.5, 0.6) is 0 Å². The average molecular weight is 233 g/mol. The van der Waals surface area contributed by atoms with E-state index in [1.165, 1.54) is 6.07 Å². The lowest BCUT2D eigenvalue weighted by Gasteiger charge is -2.07. The first-order valence-electron chi connectivity index (χ1n) is 4.28. The SMILES string of the molecule is CCCc1c(Cl)ccc(C(=O)O)c1Cl. The maximum absolute atomic E-state index is 10.8. The van der Waals surface area contributed by atoms with Gasteiger partial charge < -0.3 is 5.11 Å². The largest absolute Gasteiger partial charge is 0.478 e. The van der Waals surface area contributed by atoms with E-state index in [0.717, 1.165) is 12.0 Å². The van der Waals surface area contributed by atoms with Crippen molar-refractivity contribution < 1.29 is 9.90 Å². The van der Waals surface area contributed by atoms with Crippen LogP contribution in [0, 0.1) is 0 Å². The minimum absolute atomic E-state index is 0.111. The van der Waals surface area contributed by atoms with E-state index in [1.807, 2.05) is 6.92 Å². The van der Waals surface area contributed by atoms with E-state index < -0.39 is 5.97 Å². The lowest BCUT2D eigenvalue weighted by Crippen LogP contribution is -2.00. The lowest BCUT2D eigenvalue weighted by molar-refractivity contribution is 0.0697. The third-order valence-corrected chi connectivity index (χ3v) is 2.70. The van der Waals surface area contributed by atoms with Crippen LogP contribution in [0.25, 0.3) is 0 Å². The van der Waals surface area contributed by atoms with Crippen LogP contribution >= 0.6 is 23.2 Å². The first-order valence-corrected chi connectivity index (χ1v) is 5.03. The number of halogens is 2. The van der Waals surface area contributed by atoms with Crippen molar-refractivity contribution in [3.8, 4) is 0 Å². The Bertz CT molecular complexity index is 361. The number of hydrogen-bond donors (Lipinski definition) is 1. The van der Waals surface area contributed by atoms with Crippen molar-refractivity contribution in [2.45, 2.75) is 19.8 Å². The Labute approximate surface area is 92.5 Å². The van der Waals surface area contributed by atoms with Crippen LogP contribution in [-0.4, -0.2) is 11.1 Å². The predicted octanol–water partition coefficient (Wildman–Crippen LogP) is 3.64. The zero-order chi connectivity index (χ0) is 10.7. The highest BCUT2D eigenvalue weighted by Gasteiger charge is 2.14. The molecule has 0 aromatic heterocycles. The van der Waals surface area contributed by atoms with Crippen LogP contribution in [0.1, 0.15) is 29.3 Å². The summed E-state index contributed by atoms with van der Waals surface area (Å²) in [4.78, 5) is 10.8. The third-order valence-electron chi connectivity index (χ3n) is 1.92. The average Bonchev–Trinajstić information content (AvgIpc) is 2.11. The third kappa shape index (κ3) is 2.20. The molecular formula is C10H10Cl2O2. The fourth-order valence-electron chi connectivity index (χ4n) is 1.24. The fraction of sp³-hybridized carbons (Fsp3) is 0.300. The molecule has 1 aromatic carbocycles. The molecular weight excluding hydrogens is 223 g/mol. The fourth-order valence-corrected chi connectivity index (χ4v) is 1.88. The number of carboxylic acids is 1. The van der Waals surface area contributed by atoms with E-state index in [9.17, 15) is 4.79 Å². The molecule has 0 radical (unpaired) electrons. The Morgan fingerprint density at radius 3 is 2.57 bits per heavy atom. The minimum atomic E-state index is -1.02. The van der Waals surface area contributed by atoms with E-state index in [-0.39, 0.29) is 10.6 Å². The lowest BCUT2D eigenvalue weighted by atomic mass is 10.1. The van der Waals surface area contributed by atoms with Crippen molar-refractivity contribution in [1.82, 2.24) is 0 Å². The molecule has 0 spiro atoms. The van der Waals surface area contributed by atoms with Gasteiger partial charge in [-0.15, -0.1) is 0 Å². The molecule has 0 fully saturated rings. The molecule has 0 atom stereocenters. The van der Waals surface area contributed by atoms with Gasteiger partial charge in [0.2, 0.25) is 0 Å². The molecule has 4 heteroatoms. The zero-order valence-electron chi connectivity index (χ0n) is 7.68. The van der Waals surface area contributed by atoms with Gasteiger partial charge in [0.25, 0.3) is 0 Å². The molecule has 0 aliphatic rings. The Hall–Kier alpha value is -0.730. The number of benzene rings is 1. The Morgan fingerprint density at radius 1 is 1.43 bits per heavy atom. The summed E-state index contributed by atoms with van der Waals surface area (Å²) in [5.74, 6) is -1.02. The van der Waals surface area contributed by atoms with E-state index in [4.69, 9.17) is 28.3 Å². The molecule has 1 N–H and O–H groups in total. The molecule has 0 unspecified atom stereocenters. The predicted molar refractivity (Wildman–Crippen MR) is 57.4 cm³/mol. The first-order chi connectivity index (χ1) is 6.57. The smallest absolute Gasteiger partial charge is 0.337 e. The van der Waals surface area contributed by atoms with Crippen LogP contribution in [0.4, 0.5) is 0 Å². The summed E-state index contributed by atoms with van der Waals surface area (Å²) in [7, 11) is 0. The second kappa shape index (κ2) is 4.67. The van der Waals surface area contributed by atoms with Gasteiger partial charge in [-0.05, 0) is 24.1 Å². The molecule has 14 heavy (non-hydrogen) atoms.